The van der Waals surface area contributed by atoms with Gasteiger partial charge in [0.1, 0.15) is 0 Å². The zero-order chi connectivity index (χ0) is 19.4. The number of carbonyl (C=O) groups is 2. The molecule has 3 rings (SSSR count). The third-order valence-electron chi connectivity index (χ3n) is 4.86. The summed E-state index contributed by atoms with van der Waals surface area (Å²) in [5.74, 6) is -0.0696. The molecule has 0 saturated carbocycles. The molecule has 28 heavy (non-hydrogen) atoms. The van der Waals surface area contributed by atoms with Gasteiger partial charge in [0.15, 0.2) is 0 Å². The summed E-state index contributed by atoms with van der Waals surface area (Å²) in [5.41, 5.74) is 9.10. The molecule has 0 spiro atoms. The smallest absolute Gasteiger partial charge is 0.238 e. The largest absolute Gasteiger partial charge is 0.378 e. The van der Waals surface area contributed by atoms with Crippen molar-refractivity contribution in [1.82, 2.24) is 0 Å². The zero-order valence-corrected chi connectivity index (χ0v) is 17.0. The number of anilines is 3. The first-order valence-electron chi connectivity index (χ1n) is 9.31. The van der Waals surface area contributed by atoms with Crippen molar-refractivity contribution in [3.05, 3.63) is 54.1 Å². The van der Waals surface area contributed by atoms with E-state index in [1.807, 2.05) is 54.3 Å². The molecule has 0 aromatic heterocycles. The number of hydrogen-bond acceptors (Lipinski definition) is 4. The van der Waals surface area contributed by atoms with Crippen LogP contribution in [0.2, 0.25) is 0 Å². The Morgan fingerprint density at radius 2 is 1.75 bits per heavy atom. The van der Waals surface area contributed by atoms with E-state index in [9.17, 15) is 9.59 Å². The van der Waals surface area contributed by atoms with E-state index in [2.05, 4.69) is 23.6 Å². The summed E-state index contributed by atoms with van der Waals surface area (Å²) in [5, 5.41) is 6.30. The monoisotopic (exact) mass is 402 g/mol. The van der Waals surface area contributed by atoms with Gasteiger partial charge in [-0.25, -0.2) is 0 Å². The molecule has 7 heteroatoms. The maximum atomic E-state index is 12.4. The Morgan fingerprint density at radius 1 is 1.11 bits per heavy atom. The minimum Gasteiger partial charge on any atom is -0.378 e. The number of rotatable bonds is 5. The lowest BCUT2D eigenvalue weighted by Gasteiger charge is -2.40. The first-order valence-corrected chi connectivity index (χ1v) is 9.31. The molecule has 2 aromatic rings. The number of amides is 2. The third-order valence-corrected chi connectivity index (χ3v) is 4.86. The van der Waals surface area contributed by atoms with Gasteiger partial charge in [0.05, 0.1) is 12.6 Å². The Morgan fingerprint density at radius 3 is 2.39 bits per heavy atom. The summed E-state index contributed by atoms with van der Waals surface area (Å²) in [6.45, 7) is 3.94. The second-order valence-electron chi connectivity index (χ2n) is 6.79. The van der Waals surface area contributed by atoms with Crippen molar-refractivity contribution in [3.63, 3.8) is 0 Å². The van der Waals surface area contributed by atoms with Gasteiger partial charge in [-0.2, -0.15) is 0 Å². The van der Waals surface area contributed by atoms with Crippen LogP contribution in [0, 0.1) is 0 Å². The molecule has 1 heterocycles. The Labute approximate surface area is 171 Å². The molecule has 0 radical (unpaired) electrons. The molecule has 2 aromatic carbocycles. The van der Waals surface area contributed by atoms with E-state index in [1.165, 1.54) is 0 Å². The number of nitrogens with zero attached hydrogens (tertiary/aromatic N) is 1. The number of benzene rings is 2. The summed E-state index contributed by atoms with van der Waals surface area (Å²) >= 11 is 0. The van der Waals surface area contributed by atoms with Crippen molar-refractivity contribution in [2.75, 3.05) is 22.1 Å². The maximum Gasteiger partial charge on any atom is 0.238 e. The van der Waals surface area contributed by atoms with Crippen molar-refractivity contribution in [3.8, 4) is 0 Å². The molecular formula is C21H27ClN4O2. The number of nitrogens with one attached hydrogen (secondary N) is 2. The fourth-order valence-electron chi connectivity index (χ4n) is 3.56. The molecule has 0 aliphatic carbocycles. The average molecular weight is 403 g/mol. The predicted molar refractivity (Wildman–Crippen MR) is 116 cm³/mol. The topological polar surface area (TPSA) is 87.5 Å². The fourth-order valence-corrected chi connectivity index (χ4v) is 3.56. The molecule has 0 unspecified atom stereocenters. The molecule has 6 nitrogen and oxygen atoms in total. The van der Waals surface area contributed by atoms with Gasteiger partial charge in [-0.1, -0.05) is 25.1 Å². The molecule has 4 N–H and O–H groups in total. The lowest BCUT2D eigenvalue weighted by molar-refractivity contribution is -0.119. The standard InChI is InChI=1S/C21H26N4O2.ClH/c1-3-21(27)25-14(2)12-18(17-6-4-5-7-19(17)25)23-15-8-10-16(11-9-15)24-20(26)13-22;/h4-11,14,18,23H,3,12-13,22H2,1-2H3,(H,24,26);1H/t14-,18+;/m0./s1. The van der Waals surface area contributed by atoms with Crippen molar-refractivity contribution < 1.29 is 9.59 Å². The molecule has 1 aliphatic heterocycles. The van der Waals surface area contributed by atoms with Gasteiger partial charge in [0.25, 0.3) is 0 Å². The van der Waals surface area contributed by atoms with Crippen LogP contribution >= 0.6 is 12.4 Å². The number of carbonyl (C=O) groups excluding carboxylic acids is 2. The molecule has 0 fully saturated rings. The molecule has 2 atom stereocenters. The summed E-state index contributed by atoms with van der Waals surface area (Å²) in [6, 6.07) is 15.9. The molecular weight excluding hydrogens is 376 g/mol. The summed E-state index contributed by atoms with van der Waals surface area (Å²) in [6.07, 6.45) is 1.32. The van der Waals surface area contributed by atoms with Crippen LogP contribution in [0.25, 0.3) is 0 Å². The minimum absolute atomic E-state index is 0. The molecule has 150 valence electrons. The highest BCUT2D eigenvalue weighted by molar-refractivity contribution is 5.95. The summed E-state index contributed by atoms with van der Waals surface area (Å²) in [7, 11) is 0. The van der Waals surface area contributed by atoms with Crippen molar-refractivity contribution in [2.24, 2.45) is 5.73 Å². The molecule has 0 saturated heterocycles. The third kappa shape index (κ3) is 4.64. The lowest BCUT2D eigenvalue weighted by Crippen LogP contribution is -2.44. The number of halogens is 1. The molecule has 0 bridgehead atoms. The van der Waals surface area contributed by atoms with Crippen molar-refractivity contribution in [1.29, 1.82) is 0 Å². The van der Waals surface area contributed by atoms with E-state index in [0.717, 1.165) is 23.4 Å². The minimum atomic E-state index is -0.216. The number of fused-ring (bicyclic) bond motifs is 1. The van der Waals surface area contributed by atoms with Gasteiger partial charge in [-0.3, -0.25) is 9.59 Å². The SMILES string of the molecule is CCC(=O)N1c2ccccc2[C@H](Nc2ccc(NC(=O)CN)cc2)C[C@@H]1C.Cl. The van der Waals surface area contributed by atoms with E-state index >= 15 is 0 Å². The average Bonchev–Trinajstić information content (AvgIpc) is 2.69. The fraction of sp³-hybridized carbons (Fsp3) is 0.333. The van der Waals surface area contributed by atoms with Crippen molar-refractivity contribution in [2.45, 2.75) is 38.8 Å². The Kier molecular flexibility index (Phi) is 7.43. The van der Waals surface area contributed by atoms with Gasteiger partial charge >= 0.3 is 0 Å². The molecule has 2 amide bonds. The first-order chi connectivity index (χ1) is 13.0. The number of nitrogens with two attached hydrogens (primary N) is 1. The van der Waals surface area contributed by atoms with Crippen LogP contribution in [0.1, 0.15) is 38.3 Å². The normalized spacial score (nSPS) is 17.9. The summed E-state index contributed by atoms with van der Waals surface area (Å²) < 4.78 is 0. The predicted octanol–water partition coefficient (Wildman–Crippen LogP) is 3.69. The lowest BCUT2D eigenvalue weighted by atomic mass is 9.91. The van der Waals surface area contributed by atoms with Crippen LogP contribution in [0.4, 0.5) is 17.1 Å². The Hall–Kier alpha value is -2.57. The number of para-hydroxylation sites is 1. The van der Waals surface area contributed by atoms with Gasteiger partial charge in [0.2, 0.25) is 11.8 Å². The second-order valence-corrected chi connectivity index (χ2v) is 6.79. The summed E-state index contributed by atoms with van der Waals surface area (Å²) in [4.78, 5) is 25.7. The van der Waals surface area contributed by atoms with E-state index in [0.29, 0.717) is 12.1 Å². The van der Waals surface area contributed by atoms with Crippen molar-refractivity contribution >= 4 is 41.3 Å². The van der Waals surface area contributed by atoms with Crippen LogP contribution in [-0.4, -0.2) is 24.4 Å². The first kappa shape index (κ1) is 21.7. The van der Waals surface area contributed by atoms with Gasteiger partial charge in [-0.05, 0) is 49.2 Å². The van der Waals surface area contributed by atoms with Crippen LogP contribution in [0.5, 0.6) is 0 Å². The van der Waals surface area contributed by atoms with E-state index in [4.69, 9.17) is 5.73 Å². The van der Waals surface area contributed by atoms with Gasteiger partial charge < -0.3 is 21.3 Å². The van der Waals surface area contributed by atoms with E-state index in [-0.39, 0.29) is 42.8 Å². The van der Waals surface area contributed by atoms with Crippen LogP contribution in [-0.2, 0) is 9.59 Å². The Balaban J connectivity index is 0.00000280. The highest BCUT2D eigenvalue weighted by Crippen LogP contribution is 2.39. The maximum absolute atomic E-state index is 12.4. The quantitative estimate of drug-likeness (QED) is 0.711. The highest BCUT2D eigenvalue weighted by atomic mass is 35.5. The Bertz CT molecular complexity index is 825. The van der Waals surface area contributed by atoms with E-state index in [1.54, 1.807) is 0 Å². The second kappa shape index (κ2) is 9.57. The van der Waals surface area contributed by atoms with Gasteiger partial charge in [0, 0.05) is 29.5 Å². The van der Waals surface area contributed by atoms with E-state index < -0.39 is 0 Å². The number of hydrogen-bond donors (Lipinski definition) is 3. The van der Waals surface area contributed by atoms with Crippen LogP contribution in [0.3, 0.4) is 0 Å². The van der Waals surface area contributed by atoms with Crippen LogP contribution in [0.15, 0.2) is 48.5 Å². The zero-order valence-electron chi connectivity index (χ0n) is 16.1. The van der Waals surface area contributed by atoms with Crippen LogP contribution < -0.4 is 21.3 Å². The van der Waals surface area contributed by atoms with Gasteiger partial charge in [-0.15, -0.1) is 12.4 Å². The highest BCUT2D eigenvalue weighted by Gasteiger charge is 2.32. The molecule has 1 aliphatic rings.